The van der Waals surface area contributed by atoms with Gasteiger partial charge in [-0.1, -0.05) is 12.1 Å². The van der Waals surface area contributed by atoms with Gasteiger partial charge in [-0.05, 0) is 57.0 Å². The van der Waals surface area contributed by atoms with Gasteiger partial charge in [0.1, 0.15) is 17.4 Å². The number of aliphatic imine (C=N–C) groups is 1. The predicted molar refractivity (Wildman–Crippen MR) is 130 cm³/mol. The molecular formula is C27H34FN3O3. The van der Waals surface area contributed by atoms with E-state index in [4.69, 9.17) is 14.5 Å². The smallest absolute Gasteiger partial charge is 0.139 e. The van der Waals surface area contributed by atoms with Gasteiger partial charge in [0.25, 0.3) is 0 Å². The third-order valence-electron chi connectivity index (χ3n) is 6.85. The molecule has 1 aromatic heterocycles. The van der Waals surface area contributed by atoms with Gasteiger partial charge >= 0.3 is 0 Å². The molecule has 2 aliphatic heterocycles. The van der Waals surface area contributed by atoms with Gasteiger partial charge in [-0.15, -0.1) is 0 Å². The lowest BCUT2D eigenvalue weighted by atomic mass is 9.80. The topological polar surface area (TPSA) is 64.0 Å². The molecule has 3 heterocycles. The number of pyridine rings is 1. The van der Waals surface area contributed by atoms with Crippen molar-refractivity contribution in [2.24, 2.45) is 4.99 Å². The number of rotatable bonds is 7. The number of morpholine rings is 1. The SMILES string of the molecule is COC(C)(C)C(CC(=O)Cc1cc2c(cn1)C(N1C[C@@H](C)O[C@@H](C)C1)=NC2)c1ccc(F)cc1. The van der Waals surface area contributed by atoms with Crippen molar-refractivity contribution in [3.05, 3.63) is 64.7 Å². The van der Waals surface area contributed by atoms with Crippen LogP contribution in [0, 0.1) is 5.82 Å². The van der Waals surface area contributed by atoms with Gasteiger partial charge in [0.2, 0.25) is 0 Å². The monoisotopic (exact) mass is 467 g/mol. The zero-order valence-corrected chi connectivity index (χ0v) is 20.7. The molecule has 0 spiro atoms. The quantitative estimate of drug-likeness (QED) is 0.608. The molecule has 7 heteroatoms. The minimum absolute atomic E-state index is 0.0712. The van der Waals surface area contributed by atoms with Crippen LogP contribution in [0.1, 0.15) is 62.4 Å². The third kappa shape index (κ3) is 5.36. The molecule has 3 atom stereocenters. The average Bonchev–Trinajstić information content (AvgIpc) is 3.21. The minimum atomic E-state index is -0.575. The van der Waals surface area contributed by atoms with Crippen LogP contribution in [-0.2, 0) is 27.2 Å². The summed E-state index contributed by atoms with van der Waals surface area (Å²) in [5.74, 6) is 0.552. The van der Waals surface area contributed by atoms with Crippen molar-refractivity contribution in [2.75, 3.05) is 20.2 Å². The molecule has 34 heavy (non-hydrogen) atoms. The summed E-state index contributed by atoms with van der Waals surface area (Å²) in [6.07, 6.45) is 2.70. The first kappa shape index (κ1) is 24.5. The number of methoxy groups -OCH3 is 1. The fraction of sp³-hybridized carbons (Fsp3) is 0.519. The van der Waals surface area contributed by atoms with E-state index in [1.54, 1.807) is 19.2 Å². The van der Waals surface area contributed by atoms with Crippen molar-refractivity contribution in [2.45, 2.75) is 70.8 Å². The van der Waals surface area contributed by atoms with Crippen LogP contribution in [0.5, 0.6) is 0 Å². The van der Waals surface area contributed by atoms with E-state index in [2.05, 4.69) is 23.7 Å². The zero-order valence-electron chi connectivity index (χ0n) is 20.7. The Hall–Kier alpha value is -2.64. The van der Waals surface area contributed by atoms with Gasteiger partial charge < -0.3 is 14.4 Å². The number of Topliss-reactive ketones (excluding diaryl/α,β-unsaturated/α-hetero) is 1. The summed E-state index contributed by atoms with van der Waals surface area (Å²) in [6.45, 7) is 10.3. The number of halogens is 1. The van der Waals surface area contributed by atoms with Gasteiger partial charge in [-0.3, -0.25) is 14.8 Å². The maximum Gasteiger partial charge on any atom is 0.139 e. The number of carbonyl (C=O) groups excluding carboxylic acids is 1. The molecular weight excluding hydrogens is 433 g/mol. The fourth-order valence-corrected chi connectivity index (χ4v) is 4.95. The van der Waals surface area contributed by atoms with Gasteiger partial charge in [0.05, 0.1) is 24.4 Å². The molecule has 1 fully saturated rings. The number of nitrogens with zero attached hydrogens (tertiary/aromatic N) is 3. The van der Waals surface area contributed by atoms with Crippen LogP contribution in [0.25, 0.3) is 0 Å². The van der Waals surface area contributed by atoms with E-state index < -0.39 is 5.60 Å². The third-order valence-corrected chi connectivity index (χ3v) is 6.85. The van der Waals surface area contributed by atoms with E-state index in [0.717, 1.165) is 41.3 Å². The second-order valence-electron chi connectivity index (χ2n) is 9.97. The molecule has 2 aliphatic rings. The lowest BCUT2D eigenvalue weighted by Crippen LogP contribution is -2.48. The highest BCUT2D eigenvalue weighted by Crippen LogP contribution is 2.34. The van der Waals surface area contributed by atoms with E-state index in [1.165, 1.54) is 12.1 Å². The Morgan fingerprint density at radius 2 is 1.91 bits per heavy atom. The lowest BCUT2D eigenvalue weighted by Gasteiger charge is -2.36. The minimum Gasteiger partial charge on any atom is -0.378 e. The van der Waals surface area contributed by atoms with Gasteiger partial charge in [0.15, 0.2) is 0 Å². The lowest BCUT2D eigenvalue weighted by molar-refractivity contribution is -0.120. The molecule has 0 saturated carbocycles. The first-order valence-corrected chi connectivity index (χ1v) is 11.9. The molecule has 6 nitrogen and oxygen atoms in total. The van der Waals surface area contributed by atoms with E-state index in [0.29, 0.717) is 6.54 Å². The molecule has 2 aromatic rings. The number of carbonyl (C=O) groups is 1. The van der Waals surface area contributed by atoms with E-state index in [-0.39, 0.29) is 42.6 Å². The Kier molecular flexibility index (Phi) is 7.14. The Bertz CT molecular complexity index is 1060. The van der Waals surface area contributed by atoms with Crippen LogP contribution >= 0.6 is 0 Å². The second kappa shape index (κ2) is 9.92. The highest BCUT2D eigenvalue weighted by atomic mass is 19.1. The summed E-state index contributed by atoms with van der Waals surface area (Å²) >= 11 is 0. The summed E-state index contributed by atoms with van der Waals surface area (Å²) in [4.78, 5) is 24.7. The maximum atomic E-state index is 13.4. The standard InChI is InChI=1S/C27H34FN3O3/c1-17-15-31(16-18(2)34-17)26-24-14-29-22(10-20(24)13-30-26)11-23(32)12-25(27(3,4)33-5)19-6-8-21(28)9-7-19/h6-10,14,17-18,25H,11-13,15-16H2,1-5H3/t17-,18+,25?. The van der Waals surface area contributed by atoms with Gasteiger partial charge in [-0.2, -0.15) is 0 Å². The molecule has 0 radical (unpaired) electrons. The van der Waals surface area contributed by atoms with Crippen molar-refractivity contribution < 1.29 is 18.7 Å². The molecule has 1 saturated heterocycles. The van der Waals surface area contributed by atoms with Crippen molar-refractivity contribution in [1.29, 1.82) is 0 Å². The van der Waals surface area contributed by atoms with Gasteiger partial charge in [-0.25, -0.2) is 4.39 Å². The molecule has 0 aliphatic carbocycles. The number of amidine groups is 1. The molecule has 0 bridgehead atoms. The summed E-state index contributed by atoms with van der Waals surface area (Å²) in [5, 5.41) is 0. The molecule has 0 amide bonds. The first-order chi connectivity index (χ1) is 16.2. The highest BCUT2D eigenvalue weighted by Gasteiger charge is 2.33. The number of hydrogen-bond acceptors (Lipinski definition) is 6. The Morgan fingerprint density at radius 1 is 1.24 bits per heavy atom. The van der Waals surface area contributed by atoms with Crippen molar-refractivity contribution >= 4 is 11.6 Å². The number of hydrogen-bond donors (Lipinski definition) is 0. The number of ketones is 1. The van der Waals surface area contributed by atoms with Crippen molar-refractivity contribution in [3.63, 3.8) is 0 Å². The normalized spacial score (nSPS) is 21.2. The molecule has 4 rings (SSSR count). The number of aromatic nitrogens is 1. The van der Waals surface area contributed by atoms with Crippen LogP contribution in [-0.4, -0.2) is 59.5 Å². The highest BCUT2D eigenvalue weighted by molar-refractivity contribution is 6.02. The number of ether oxygens (including phenoxy) is 2. The first-order valence-electron chi connectivity index (χ1n) is 11.9. The Labute approximate surface area is 201 Å². The van der Waals surface area contributed by atoms with E-state index in [9.17, 15) is 9.18 Å². The van der Waals surface area contributed by atoms with Crippen LogP contribution in [0.3, 0.4) is 0 Å². The van der Waals surface area contributed by atoms with E-state index >= 15 is 0 Å². The average molecular weight is 468 g/mol. The van der Waals surface area contributed by atoms with Crippen molar-refractivity contribution in [1.82, 2.24) is 9.88 Å². The summed E-state index contributed by atoms with van der Waals surface area (Å²) < 4.78 is 25.0. The molecule has 1 aromatic carbocycles. The molecule has 1 unspecified atom stereocenters. The van der Waals surface area contributed by atoms with Crippen molar-refractivity contribution in [3.8, 4) is 0 Å². The summed E-state index contributed by atoms with van der Waals surface area (Å²) in [6, 6.07) is 8.31. The Balaban J connectivity index is 1.46. The van der Waals surface area contributed by atoms with E-state index in [1.807, 2.05) is 26.1 Å². The van der Waals surface area contributed by atoms with Crippen LogP contribution < -0.4 is 0 Å². The molecule has 0 N–H and O–H groups in total. The predicted octanol–water partition coefficient (Wildman–Crippen LogP) is 4.30. The summed E-state index contributed by atoms with van der Waals surface area (Å²) in [5.41, 5.74) is 3.20. The van der Waals surface area contributed by atoms with Gasteiger partial charge in [0, 0.05) is 56.4 Å². The number of fused-ring (bicyclic) bond motifs is 1. The van der Waals surface area contributed by atoms with Crippen LogP contribution in [0.2, 0.25) is 0 Å². The van der Waals surface area contributed by atoms with Crippen LogP contribution in [0.4, 0.5) is 4.39 Å². The fourth-order valence-electron chi connectivity index (χ4n) is 4.95. The largest absolute Gasteiger partial charge is 0.378 e. The maximum absolute atomic E-state index is 13.4. The molecule has 182 valence electrons. The Morgan fingerprint density at radius 3 is 2.56 bits per heavy atom. The van der Waals surface area contributed by atoms with Crippen LogP contribution in [0.15, 0.2) is 41.5 Å². The zero-order chi connectivity index (χ0) is 24.5. The number of benzene rings is 1. The second-order valence-corrected chi connectivity index (χ2v) is 9.97. The summed E-state index contributed by atoms with van der Waals surface area (Å²) in [7, 11) is 1.64.